The number of hydrogen-bond donors (Lipinski definition) is 3. The fraction of sp³-hybridized carbons (Fsp3) is 0.512. The van der Waals surface area contributed by atoms with E-state index in [9.17, 15) is 14.4 Å². The fourth-order valence-electron chi connectivity index (χ4n) is 8.26. The SMILES string of the molecule is COOC=N[C@H](C(=O)N1CCC[C@H]1c1ncc(-c2ccc([C@@H]3C[C@@H]3c3ccc4nc([C@@H]5CCCN5C(=O)[C@@H](NC(=O)OC)C(C)C)[nH]c4c3)cc2)[nH]1)C(C)C. The molecule has 4 aromatic rings. The number of ether oxygens (including phenoxy) is 1. The van der Waals surface area contributed by atoms with Crippen LogP contribution in [0.4, 0.5) is 4.79 Å². The number of aromatic nitrogens is 4. The van der Waals surface area contributed by atoms with Gasteiger partial charge in [0, 0.05) is 13.1 Å². The van der Waals surface area contributed by atoms with E-state index in [1.165, 1.54) is 31.7 Å². The highest BCUT2D eigenvalue weighted by Gasteiger charge is 2.41. The average molecular weight is 753 g/mol. The van der Waals surface area contributed by atoms with Crippen molar-refractivity contribution in [3.05, 3.63) is 71.4 Å². The van der Waals surface area contributed by atoms with Gasteiger partial charge in [-0.15, -0.1) is 0 Å². The standard InChI is InChI=1S/C41H52N8O6/c1-23(2)35(43-22-55-54-6)39(50)48-17-7-9-33(48)37-42-21-32(46-37)26-13-11-25(12-14-26)28-20-29(28)27-15-16-30-31(19-27)45-38(44-30)34-10-8-18-49(34)40(51)36(24(3)4)47-41(52)53-5/h11-16,19,21-24,28-29,33-36H,7-10,17-18,20H2,1-6H3,(H,42,46)(H,44,45)(H,47,52)/t28-,29+,33-,34-,35-,36-/m0/s1. The smallest absolute Gasteiger partial charge is 0.407 e. The third-order valence-electron chi connectivity index (χ3n) is 11.3. The Balaban J connectivity index is 0.999. The zero-order chi connectivity index (χ0) is 38.8. The maximum atomic E-state index is 13.6. The Hall–Kier alpha value is -5.24. The molecule has 4 heterocycles. The molecule has 0 bridgehead atoms. The lowest BCUT2D eigenvalue weighted by atomic mass is 10.0. The molecule has 1 saturated carbocycles. The van der Waals surface area contributed by atoms with E-state index in [0.717, 1.165) is 66.0 Å². The van der Waals surface area contributed by atoms with Crippen LogP contribution >= 0.6 is 0 Å². The molecule has 55 heavy (non-hydrogen) atoms. The van der Waals surface area contributed by atoms with Gasteiger partial charge < -0.3 is 34.7 Å². The molecule has 3 amide bonds. The Morgan fingerprint density at radius 1 is 0.873 bits per heavy atom. The zero-order valence-electron chi connectivity index (χ0n) is 32.5. The van der Waals surface area contributed by atoms with Crippen LogP contribution in [0.1, 0.15) is 106 Å². The number of amides is 3. The first kappa shape index (κ1) is 38.1. The maximum Gasteiger partial charge on any atom is 0.407 e. The molecule has 0 radical (unpaired) electrons. The number of nitrogens with one attached hydrogen (secondary N) is 3. The fourth-order valence-corrected chi connectivity index (χ4v) is 8.26. The zero-order valence-corrected chi connectivity index (χ0v) is 32.5. The molecule has 292 valence electrons. The number of carbonyl (C=O) groups excluding carboxylic acids is 3. The second-order valence-electron chi connectivity index (χ2n) is 15.6. The minimum atomic E-state index is -0.673. The number of rotatable bonds is 13. The number of aliphatic imine (C=N–C) groups is 1. The minimum absolute atomic E-state index is 0.00194. The summed E-state index contributed by atoms with van der Waals surface area (Å²) in [7, 11) is 2.70. The van der Waals surface area contributed by atoms with Crippen molar-refractivity contribution in [3.8, 4) is 11.3 Å². The number of H-pyrrole nitrogens is 2. The van der Waals surface area contributed by atoms with E-state index in [1.54, 1.807) is 0 Å². The first-order valence-electron chi connectivity index (χ1n) is 19.4. The monoisotopic (exact) mass is 752 g/mol. The summed E-state index contributed by atoms with van der Waals surface area (Å²) in [4.78, 5) is 73.3. The number of nitrogens with zero attached hydrogens (tertiary/aromatic N) is 5. The van der Waals surface area contributed by atoms with Gasteiger partial charge in [0.2, 0.25) is 18.2 Å². The maximum absolute atomic E-state index is 13.6. The molecule has 2 saturated heterocycles. The van der Waals surface area contributed by atoms with E-state index in [-0.39, 0.29) is 35.7 Å². The van der Waals surface area contributed by atoms with Gasteiger partial charge in [-0.2, -0.15) is 4.89 Å². The molecule has 2 aromatic carbocycles. The Labute approximate surface area is 321 Å². The van der Waals surface area contributed by atoms with Crippen LogP contribution in [0.25, 0.3) is 22.3 Å². The average Bonchev–Trinajstić information content (AvgIpc) is 3.69. The Bertz CT molecular complexity index is 2020. The molecule has 3 fully saturated rings. The topological polar surface area (TPSA) is 167 Å². The van der Waals surface area contributed by atoms with Crippen molar-refractivity contribution >= 4 is 35.3 Å². The predicted octanol–water partition coefficient (Wildman–Crippen LogP) is 6.56. The molecule has 1 aliphatic carbocycles. The van der Waals surface area contributed by atoms with Crippen LogP contribution < -0.4 is 5.32 Å². The summed E-state index contributed by atoms with van der Waals surface area (Å²) in [5.41, 5.74) is 6.37. The molecular weight excluding hydrogens is 701 g/mol. The summed E-state index contributed by atoms with van der Waals surface area (Å²) in [5.74, 6) is 2.14. The third-order valence-corrected chi connectivity index (χ3v) is 11.3. The van der Waals surface area contributed by atoms with Crippen LogP contribution in [0.5, 0.6) is 0 Å². The largest absolute Gasteiger partial charge is 0.453 e. The van der Waals surface area contributed by atoms with Crippen molar-refractivity contribution in [1.29, 1.82) is 0 Å². The van der Waals surface area contributed by atoms with Crippen LogP contribution in [-0.4, -0.2) is 93.4 Å². The number of aromatic amines is 2. The van der Waals surface area contributed by atoms with Gasteiger partial charge in [-0.05, 0) is 84.6 Å². The lowest BCUT2D eigenvalue weighted by Crippen LogP contribution is -2.51. The first-order chi connectivity index (χ1) is 26.6. The van der Waals surface area contributed by atoms with Crippen LogP contribution in [0.3, 0.4) is 0 Å². The normalized spacial score (nSPS) is 22.2. The summed E-state index contributed by atoms with van der Waals surface area (Å²) < 4.78 is 4.78. The number of methoxy groups -OCH3 is 1. The molecule has 3 N–H and O–H groups in total. The van der Waals surface area contributed by atoms with Crippen LogP contribution in [-0.2, 0) is 24.1 Å². The van der Waals surface area contributed by atoms with Gasteiger partial charge in [0.15, 0.2) is 0 Å². The molecule has 2 aromatic heterocycles. The summed E-state index contributed by atoms with van der Waals surface area (Å²) >= 11 is 0. The van der Waals surface area contributed by atoms with Crippen molar-refractivity contribution in [2.24, 2.45) is 16.8 Å². The number of alkyl carbamates (subject to hydrolysis) is 1. The van der Waals surface area contributed by atoms with Crippen molar-refractivity contribution in [1.82, 2.24) is 35.1 Å². The van der Waals surface area contributed by atoms with Gasteiger partial charge in [0.25, 0.3) is 0 Å². The van der Waals surface area contributed by atoms with E-state index in [2.05, 4.69) is 67.6 Å². The number of benzene rings is 2. The van der Waals surface area contributed by atoms with Crippen molar-refractivity contribution < 1.29 is 28.9 Å². The molecule has 2 aliphatic heterocycles. The molecule has 14 nitrogen and oxygen atoms in total. The highest BCUT2D eigenvalue weighted by atomic mass is 17.2. The lowest BCUT2D eigenvalue weighted by molar-refractivity contribution is -0.188. The molecule has 3 aliphatic rings. The van der Waals surface area contributed by atoms with Gasteiger partial charge in [0.1, 0.15) is 23.7 Å². The Morgan fingerprint density at radius 2 is 1.55 bits per heavy atom. The Kier molecular flexibility index (Phi) is 11.2. The third kappa shape index (κ3) is 7.96. The number of likely N-dealkylation sites (tertiary alicyclic amines) is 2. The molecular formula is C41H52N8O6. The number of imidazole rings is 2. The quantitative estimate of drug-likeness (QED) is 0.0598. The predicted molar refractivity (Wildman–Crippen MR) is 207 cm³/mol. The van der Waals surface area contributed by atoms with E-state index < -0.39 is 18.2 Å². The first-order valence-corrected chi connectivity index (χ1v) is 19.4. The molecule has 6 atom stereocenters. The number of fused-ring (bicyclic) bond motifs is 1. The van der Waals surface area contributed by atoms with Gasteiger partial charge in [0.05, 0.1) is 49.2 Å². The summed E-state index contributed by atoms with van der Waals surface area (Å²) in [5, 5.41) is 2.72. The highest BCUT2D eigenvalue weighted by Crippen LogP contribution is 2.55. The second-order valence-corrected chi connectivity index (χ2v) is 15.6. The summed E-state index contributed by atoms with van der Waals surface area (Å²) in [6, 6.07) is 13.6. The van der Waals surface area contributed by atoms with Crippen LogP contribution in [0.15, 0.2) is 53.7 Å². The number of hydrogen-bond acceptors (Lipinski definition) is 9. The highest BCUT2D eigenvalue weighted by molar-refractivity contribution is 5.87. The van der Waals surface area contributed by atoms with E-state index >= 15 is 0 Å². The Morgan fingerprint density at radius 3 is 2.22 bits per heavy atom. The molecule has 0 unspecified atom stereocenters. The number of carbonyl (C=O) groups is 3. The van der Waals surface area contributed by atoms with E-state index in [4.69, 9.17) is 19.6 Å². The van der Waals surface area contributed by atoms with E-state index in [1.807, 2.05) is 43.7 Å². The van der Waals surface area contributed by atoms with Gasteiger partial charge in [-0.1, -0.05) is 58.0 Å². The van der Waals surface area contributed by atoms with Crippen molar-refractivity contribution in [2.75, 3.05) is 27.3 Å². The second kappa shape index (κ2) is 16.2. The van der Waals surface area contributed by atoms with Crippen LogP contribution in [0.2, 0.25) is 0 Å². The van der Waals surface area contributed by atoms with Crippen molar-refractivity contribution in [2.45, 2.75) is 95.8 Å². The van der Waals surface area contributed by atoms with Gasteiger partial charge >= 0.3 is 6.09 Å². The van der Waals surface area contributed by atoms with E-state index in [0.29, 0.717) is 24.9 Å². The van der Waals surface area contributed by atoms with Crippen LogP contribution in [0, 0.1) is 11.8 Å². The molecule has 7 rings (SSSR count). The minimum Gasteiger partial charge on any atom is -0.453 e. The van der Waals surface area contributed by atoms with Gasteiger partial charge in [-0.25, -0.2) is 19.8 Å². The molecule has 0 spiro atoms. The molecule has 14 heteroatoms. The lowest BCUT2D eigenvalue weighted by Gasteiger charge is -2.29. The summed E-state index contributed by atoms with van der Waals surface area (Å²) in [6.45, 7) is 9.05. The van der Waals surface area contributed by atoms with Gasteiger partial charge in [-0.3, -0.25) is 9.59 Å². The van der Waals surface area contributed by atoms with Crippen molar-refractivity contribution in [3.63, 3.8) is 0 Å². The summed E-state index contributed by atoms with van der Waals surface area (Å²) in [6.07, 6.45) is 6.91.